The monoisotopic (exact) mass is 586 g/mol. The highest BCUT2D eigenvalue weighted by Crippen LogP contribution is 2.33. The van der Waals surface area contributed by atoms with Crippen molar-refractivity contribution in [2.75, 3.05) is 6.61 Å². The molecule has 0 aliphatic rings. The number of ether oxygens (including phenoxy) is 1. The van der Waals surface area contributed by atoms with Crippen LogP contribution in [0, 0.1) is 6.92 Å². The van der Waals surface area contributed by atoms with Gasteiger partial charge in [-0.15, -0.1) is 0 Å². The summed E-state index contributed by atoms with van der Waals surface area (Å²) in [7, 11) is 0. The fourth-order valence-electron chi connectivity index (χ4n) is 4.44. The summed E-state index contributed by atoms with van der Waals surface area (Å²) >= 11 is 3.64. The fourth-order valence-corrected chi connectivity index (χ4v) is 5.05. The summed E-state index contributed by atoms with van der Waals surface area (Å²) < 4.78 is 6.85. The minimum absolute atomic E-state index is 0.196. The van der Waals surface area contributed by atoms with Crippen LogP contribution >= 0.6 is 15.9 Å². The largest absolute Gasteiger partial charge is 0.483 e. The summed E-state index contributed by atoms with van der Waals surface area (Å²) in [5.74, 6) is 0.121. The molecule has 0 aromatic heterocycles. The van der Waals surface area contributed by atoms with Crippen LogP contribution in [-0.2, 0) is 22.6 Å². The maximum absolute atomic E-state index is 13.9. The maximum Gasteiger partial charge on any atom is 0.261 e. The molecule has 0 saturated carbocycles. The first-order valence-electron chi connectivity index (χ1n) is 13.1. The molecule has 0 spiro atoms. The van der Waals surface area contributed by atoms with Crippen molar-refractivity contribution >= 4 is 38.5 Å². The average Bonchev–Trinajstić information content (AvgIpc) is 2.91. The number of hydrogen-bond acceptors (Lipinski definition) is 3. The number of benzene rings is 4. The Morgan fingerprint density at radius 3 is 2.23 bits per heavy atom. The van der Waals surface area contributed by atoms with Crippen molar-refractivity contribution < 1.29 is 14.3 Å². The van der Waals surface area contributed by atoms with Crippen molar-refractivity contribution in [3.63, 3.8) is 0 Å². The van der Waals surface area contributed by atoms with E-state index in [0.717, 1.165) is 31.9 Å². The lowest BCUT2D eigenvalue weighted by Crippen LogP contribution is -2.55. The lowest BCUT2D eigenvalue weighted by Gasteiger charge is -2.33. The summed E-state index contributed by atoms with van der Waals surface area (Å²) in [6, 6.07) is 28.9. The molecule has 1 N–H and O–H groups in total. The third-order valence-electron chi connectivity index (χ3n) is 6.42. The molecule has 0 aliphatic carbocycles. The molecule has 202 valence electrons. The van der Waals surface area contributed by atoms with Gasteiger partial charge in [0.05, 0.1) is 4.47 Å². The number of aryl methyl sites for hydroxylation is 1. The molecule has 5 nitrogen and oxygen atoms in total. The molecule has 4 aromatic carbocycles. The number of carbonyl (C=O) groups is 2. The number of hydrogen-bond donors (Lipinski definition) is 1. The van der Waals surface area contributed by atoms with Gasteiger partial charge in [-0.2, -0.15) is 0 Å². The number of carbonyl (C=O) groups excluding carboxylic acids is 2. The molecule has 1 atom stereocenters. The minimum atomic E-state index is -0.718. The van der Waals surface area contributed by atoms with Gasteiger partial charge in [-0.05, 0) is 71.6 Å². The molecule has 39 heavy (non-hydrogen) atoms. The Kier molecular flexibility index (Phi) is 9.08. The van der Waals surface area contributed by atoms with E-state index in [4.69, 9.17) is 4.74 Å². The van der Waals surface area contributed by atoms with E-state index in [9.17, 15) is 9.59 Å². The van der Waals surface area contributed by atoms with Gasteiger partial charge in [-0.1, -0.05) is 90.5 Å². The Morgan fingerprint density at radius 2 is 1.54 bits per heavy atom. The van der Waals surface area contributed by atoms with Gasteiger partial charge >= 0.3 is 0 Å². The number of nitrogens with one attached hydrogen (secondary N) is 1. The van der Waals surface area contributed by atoms with Gasteiger partial charge in [0.1, 0.15) is 11.8 Å². The summed E-state index contributed by atoms with van der Waals surface area (Å²) in [6.07, 6.45) is 0.389. The molecule has 0 saturated heterocycles. The van der Waals surface area contributed by atoms with Crippen LogP contribution in [0.4, 0.5) is 0 Å². The van der Waals surface area contributed by atoms with E-state index in [1.807, 2.05) is 119 Å². The molecule has 0 radical (unpaired) electrons. The summed E-state index contributed by atoms with van der Waals surface area (Å²) in [5, 5.41) is 5.17. The van der Waals surface area contributed by atoms with Crippen LogP contribution in [0.2, 0.25) is 0 Å². The number of rotatable bonds is 9. The Bertz CT molecular complexity index is 1430. The first kappa shape index (κ1) is 28.4. The molecule has 0 fully saturated rings. The molecule has 6 heteroatoms. The number of nitrogens with zero attached hydrogens (tertiary/aromatic N) is 1. The zero-order valence-electron chi connectivity index (χ0n) is 22.9. The van der Waals surface area contributed by atoms with Gasteiger partial charge in [0.15, 0.2) is 6.61 Å². The van der Waals surface area contributed by atoms with Crippen LogP contribution < -0.4 is 10.1 Å². The van der Waals surface area contributed by atoms with Gasteiger partial charge in [-0.25, -0.2) is 0 Å². The Balaban J connectivity index is 1.65. The third-order valence-corrected chi connectivity index (χ3v) is 7.24. The smallest absolute Gasteiger partial charge is 0.261 e. The summed E-state index contributed by atoms with van der Waals surface area (Å²) in [5.41, 5.74) is 2.61. The third kappa shape index (κ3) is 7.70. The lowest BCUT2D eigenvalue weighted by molar-refractivity contribution is -0.143. The first-order chi connectivity index (χ1) is 18.6. The van der Waals surface area contributed by atoms with Crippen molar-refractivity contribution in [3.8, 4) is 5.75 Å². The van der Waals surface area contributed by atoms with Gasteiger partial charge in [0.25, 0.3) is 5.91 Å². The summed E-state index contributed by atoms with van der Waals surface area (Å²) in [4.78, 5) is 29.2. The van der Waals surface area contributed by atoms with Crippen LogP contribution in [0.25, 0.3) is 10.8 Å². The molecule has 2 amide bonds. The van der Waals surface area contributed by atoms with E-state index in [0.29, 0.717) is 12.2 Å². The summed E-state index contributed by atoms with van der Waals surface area (Å²) in [6.45, 7) is 7.94. The van der Waals surface area contributed by atoms with Gasteiger partial charge in [-0.3, -0.25) is 9.59 Å². The zero-order chi connectivity index (χ0) is 28.0. The van der Waals surface area contributed by atoms with Crippen molar-refractivity contribution in [2.24, 2.45) is 0 Å². The number of fused-ring (bicyclic) bond motifs is 1. The molecule has 0 aliphatic heterocycles. The molecular formula is C33H35BrN2O3. The molecular weight excluding hydrogens is 552 g/mol. The van der Waals surface area contributed by atoms with Crippen LogP contribution in [-0.4, -0.2) is 34.9 Å². The van der Waals surface area contributed by atoms with E-state index in [-0.39, 0.29) is 25.0 Å². The van der Waals surface area contributed by atoms with Crippen LogP contribution in [0.1, 0.15) is 37.5 Å². The van der Waals surface area contributed by atoms with Gasteiger partial charge < -0.3 is 15.0 Å². The Labute approximate surface area is 239 Å². The van der Waals surface area contributed by atoms with E-state index in [1.54, 1.807) is 4.90 Å². The highest BCUT2D eigenvalue weighted by Gasteiger charge is 2.32. The Morgan fingerprint density at radius 1 is 0.872 bits per heavy atom. The quantitative estimate of drug-likeness (QED) is 0.233. The van der Waals surface area contributed by atoms with Crippen LogP contribution in [0.3, 0.4) is 0 Å². The standard InChI is InChI=1S/C33H35BrN2O3/c1-23-14-16-25(17-15-23)21-36(28(32(38)35-33(2,3)4)20-24-10-6-5-7-11-24)30(37)22-39-29-19-18-26-12-8-9-13-27(26)31(29)34/h5-19,28H,20-22H2,1-4H3,(H,35,38)/t28-/m1/s1. The highest BCUT2D eigenvalue weighted by atomic mass is 79.9. The second-order valence-electron chi connectivity index (χ2n) is 10.8. The van der Waals surface area contributed by atoms with E-state index in [2.05, 4.69) is 21.2 Å². The first-order valence-corrected chi connectivity index (χ1v) is 13.9. The minimum Gasteiger partial charge on any atom is -0.483 e. The average molecular weight is 588 g/mol. The molecule has 0 heterocycles. The Hall–Kier alpha value is -3.64. The molecule has 0 bridgehead atoms. The SMILES string of the molecule is Cc1ccc(CN(C(=O)COc2ccc3ccccc3c2Br)[C@H](Cc2ccccc2)C(=O)NC(C)(C)C)cc1. The molecule has 4 aromatic rings. The second kappa shape index (κ2) is 12.5. The van der Waals surface area contributed by atoms with E-state index < -0.39 is 11.6 Å². The van der Waals surface area contributed by atoms with Gasteiger partial charge in [0, 0.05) is 18.5 Å². The molecule has 0 unspecified atom stereocenters. The zero-order valence-corrected chi connectivity index (χ0v) is 24.5. The predicted octanol–water partition coefficient (Wildman–Crippen LogP) is 6.84. The van der Waals surface area contributed by atoms with Crippen LogP contribution in [0.5, 0.6) is 5.75 Å². The maximum atomic E-state index is 13.9. The second-order valence-corrected chi connectivity index (χ2v) is 11.6. The number of amides is 2. The van der Waals surface area contributed by atoms with Crippen LogP contribution in [0.15, 0.2) is 95.5 Å². The van der Waals surface area contributed by atoms with Crippen molar-refractivity contribution in [3.05, 3.63) is 112 Å². The van der Waals surface area contributed by atoms with Crippen molar-refractivity contribution in [2.45, 2.75) is 52.2 Å². The lowest BCUT2D eigenvalue weighted by atomic mass is 10.0. The topological polar surface area (TPSA) is 58.6 Å². The normalized spacial score (nSPS) is 12.1. The molecule has 4 rings (SSSR count). The van der Waals surface area contributed by atoms with Crippen molar-refractivity contribution in [1.29, 1.82) is 0 Å². The van der Waals surface area contributed by atoms with Crippen molar-refractivity contribution in [1.82, 2.24) is 10.2 Å². The van der Waals surface area contributed by atoms with E-state index >= 15 is 0 Å². The van der Waals surface area contributed by atoms with Gasteiger partial charge in [0.2, 0.25) is 5.91 Å². The fraction of sp³-hybridized carbons (Fsp3) is 0.273. The van der Waals surface area contributed by atoms with E-state index in [1.165, 1.54) is 0 Å². The predicted molar refractivity (Wildman–Crippen MR) is 161 cm³/mol. The highest BCUT2D eigenvalue weighted by molar-refractivity contribution is 9.10. The number of halogens is 1.